The molecule has 0 aliphatic carbocycles. The first-order valence-electron chi connectivity index (χ1n) is 5.78. The van der Waals surface area contributed by atoms with Gasteiger partial charge in [0.1, 0.15) is 11.6 Å². The minimum Gasteiger partial charge on any atom is -0.381 e. The summed E-state index contributed by atoms with van der Waals surface area (Å²) in [7, 11) is 0. The number of nitrogens with one attached hydrogen (secondary N) is 1. The zero-order chi connectivity index (χ0) is 13.8. The third kappa shape index (κ3) is 3.08. The first-order valence-corrected chi connectivity index (χ1v) is 5.78. The summed E-state index contributed by atoms with van der Waals surface area (Å²) < 4.78 is 26.5. The van der Waals surface area contributed by atoms with E-state index in [9.17, 15) is 8.78 Å². The summed E-state index contributed by atoms with van der Waals surface area (Å²) in [6.45, 7) is 2.05. The van der Waals surface area contributed by atoms with Crippen molar-refractivity contribution >= 4 is 5.69 Å². The van der Waals surface area contributed by atoms with Crippen LogP contribution >= 0.6 is 0 Å². The van der Waals surface area contributed by atoms with E-state index in [1.54, 1.807) is 12.1 Å². The molecule has 19 heavy (non-hydrogen) atoms. The molecule has 0 atom stereocenters. The van der Waals surface area contributed by atoms with E-state index < -0.39 is 11.6 Å². The summed E-state index contributed by atoms with van der Waals surface area (Å²) in [5.41, 5.74) is 2.45. The molecular weight excluding hydrogens is 246 g/mol. The van der Waals surface area contributed by atoms with E-state index >= 15 is 0 Å². The lowest BCUT2D eigenvalue weighted by molar-refractivity contribution is 0.587. The second kappa shape index (κ2) is 5.49. The Morgan fingerprint density at radius 1 is 1.16 bits per heavy atom. The van der Waals surface area contributed by atoms with E-state index in [0.29, 0.717) is 5.56 Å². The third-order valence-electron chi connectivity index (χ3n) is 2.84. The number of rotatable bonds is 3. The average Bonchev–Trinajstić information content (AvgIpc) is 2.41. The van der Waals surface area contributed by atoms with Crippen LogP contribution in [0.4, 0.5) is 14.5 Å². The lowest BCUT2D eigenvalue weighted by Gasteiger charge is -2.10. The van der Waals surface area contributed by atoms with Crippen molar-refractivity contribution in [1.29, 1.82) is 5.26 Å². The largest absolute Gasteiger partial charge is 0.381 e. The number of nitriles is 1. The average molecular weight is 258 g/mol. The van der Waals surface area contributed by atoms with Crippen molar-refractivity contribution in [2.45, 2.75) is 13.5 Å². The molecule has 0 bridgehead atoms. The fourth-order valence-corrected chi connectivity index (χ4v) is 1.75. The monoisotopic (exact) mass is 258 g/mol. The van der Waals surface area contributed by atoms with Gasteiger partial charge in [0, 0.05) is 17.8 Å². The highest BCUT2D eigenvalue weighted by Gasteiger charge is 2.05. The van der Waals surface area contributed by atoms with Crippen molar-refractivity contribution in [2.24, 2.45) is 0 Å². The van der Waals surface area contributed by atoms with Crippen LogP contribution in [0.5, 0.6) is 0 Å². The van der Waals surface area contributed by atoms with Gasteiger partial charge in [0.15, 0.2) is 0 Å². The summed E-state index contributed by atoms with van der Waals surface area (Å²) in [6.07, 6.45) is 0. The maximum atomic E-state index is 13.5. The smallest absolute Gasteiger partial charge is 0.128 e. The van der Waals surface area contributed by atoms with Gasteiger partial charge in [-0.2, -0.15) is 5.26 Å². The second-order valence-corrected chi connectivity index (χ2v) is 4.23. The van der Waals surface area contributed by atoms with E-state index in [0.717, 1.165) is 29.4 Å². The Labute approximate surface area is 110 Å². The molecular formula is C15H12F2N2. The second-order valence-electron chi connectivity index (χ2n) is 4.23. The molecule has 0 aliphatic heterocycles. The van der Waals surface area contributed by atoms with Crippen LogP contribution in [0.15, 0.2) is 36.4 Å². The van der Waals surface area contributed by atoms with E-state index in [4.69, 9.17) is 5.26 Å². The van der Waals surface area contributed by atoms with Gasteiger partial charge in [-0.15, -0.1) is 0 Å². The molecule has 0 heterocycles. The molecule has 2 aromatic carbocycles. The normalized spacial score (nSPS) is 10.0. The van der Waals surface area contributed by atoms with Gasteiger partial charge in [0.05, 0.1) is 11.6 Å². The Hall–Kier alpha value is -2.41. The molecule has 4 heteroatoms. The molecule has 0 saturated carbocycles. The minimum atomic E-state index is -0.472. The molecule has 0 unspecified atom stereocenters. The fraction of sp³-hybridized carbons (Fsp3) is 0.133. The van der Waals surface area contributed by atoms with Gasteiger partial charge in [-0.3, -0.25) is 0 Å². The lowest BCUT2D eigenvalue weighted by atomic mass is 10.1. The highest BCUT2D eigenvalue weighted by Crippen LogP contribution is 2.18. The molecule has 0 radical (unpaired) electrons. The number of hydrogen-bond acceptors (Lipinski definition) is 2. The number of anilines is 1. The third-order valence-corrected chi connectivity index (χ3v) is 2.84. The summed E-state index contributed by atoms with van der Waals surface area (Å²) >= 11 is 0. The lowest BCUT2D eigenvalue weighted by Crippen LogP contribution is -2.04. The maximum Gasteiger partial charge on any atom is 0.128 e. The van der Waals surface area contributed by atoms with Crippen molar-refractivity contribution in [3.63, 3.8) is 0 Å². The first kappa shape index (κ1) is 13.0. The number of benzene rings is 2. The summed E-state index contributed by atoms with van der Waals surface area (Å²) in [5, 5.41) is 11.8. The quantitative estimate of drug-likeness (QED) is 0.909. The number of halogens is 2. The van der Waals surface area contributed by atoms with Crippen molar-refractivity contribution in [3.05, 3.63) is 64.7 Å². The van der Waals surface area contributed by atoms with Crippen molar-refractivity contribution in [3.8, 4) is 6.07 Å². The summed E-state index contributed by atoms with van der Waals surface area (Å²) in [4.78, 5) is 0. The summed E-state index contributed by atoms with van der Waals surface area (Å²) in [6, 6.07) is 10.6. The van der Waals surface area contributed by atoms with Crippen LogP contribution < -0.4 is 5.32 Å². The van der Waals surface area contributed by atoms with Crippen molar-refractivity contribution in [2.75, 3.05) is 5.32 Å². The zero-order valence-corrected chi connectivity index (χ0v) is 10.4. The first-order chi connectivity index (χ1) is 9.10. The molecule has 0 aliphatic rings. The Balaban J connectivity index is 2.19. The molecule has 0 aromatic heterocycles. The Morgan fingerprint density at radius 3 is 2.68 bits per heavy atom. The van der Waals surface area contributed by atoms with E-state index in [1.807, 2.05) is 19.1 Å². The predicted octanol–water partition coefficient (Wildman–Crippen LogP) is 3.76. The van der Waals surface area contributed by atoms with Crippen LogP contribution in [-0.4, -0.2) is 0 Å². The minimum absolute atomic E-state index is 0.166. The van der Waals surface area contributed by atoms with Gasteiger partial charge in [-0.25, -0.2) is 8.78 Å². The molecule has 96 valence electrons. The van der Waals surface area contributed by atoms with Crippen LogP contribution in [0.25, 0.3) is 0 Å². The van der Waals surface area contributed by atoms with Gasteiger partial charge < -0.3 is 5.32 Å². The highest BCUT2D eigenvalue weighted by molar-refractivity contribution is 5.55. The maximum absolute atomic E-state index is 13.5. The standard InChI is InChI=1S/C15H12F2N2/c1-10-2-3-11(8-18)6-15(10)19-9-12-7-13(16)4-5-14(12)17/h2-7,19H,9H2,1H3. The van der Waals surface area contributed by atoms with E-state index in [1.165, 1.54) is 0 Å². The number of hydrogen-bond donors (Lipinski definition) is 1. The highest BCUT2D eigenvalue weighted by atomic mass is 19.1. The molecule has 0 saturated heterocycles. The molecule has 0 amide bonds. The van der Waals surface area contributed by atoms with Gasteiger partial charge >= 0.3 is 0 Å². The molecule has 2 nitrogen and oxygen atoms in total. The Bertz CT molecular complexity index is 645. The van der Waals surface area contributed by atoms with Crippen molar-refractivity contribution in [1.82, 2.24) is 0 Å². The fourth-order valence-electron chi connectivity index (χ4n) is 1.75. The molecule has 0 spiro atoms. The van der Waals surface area contributed by atoms with Crippen molar-refractivity contribution < 1.29 is 8.78 Å². The molecule has 2 aromatic rings. The van der Waals surface area contributed by atoms with Gasteiger partial charge in [-0.1, -0.05) is 6.07 Å². The van der Waals surface area contributed by atoms with Crippen LogP contribution in [0, 0.1) is 29.9 Å². The van der Waals surface area contributed by atoms with E-state index in [-0.39, 0.29) is 12.1 Å². The number of nitrogens with zero attached hydrogens (tertiary/aromatic N) is 1. The molecule has 2 rings (SSSR count). The topological polar surface area (TPSA) is 35.8 Å². The zero-order valence-electron chi connectivity index (χ0n) is 10.4. The van der Waals surface area contributed by atoms with Gasteiger partial charge in [0.2, 0.25) is 0 Å². The van der Waals surface area contributed by atoms with E-state index in [2.05, 4.69) is 5.32 Å². The summed E-state index contributed by atoms with van der Waals surface area (Å²) in [5.74, 6) is -0.927. The molecule has 1 N–H and O–H groups in total. The van der Waals surface area contributed by atoms with Crippen LogP contribution in [-0.2, 0) is 6.54 Å². The number of aryl methyl sites for hydroxylation is 1. The van der Waals surface area contributed by atoms with Gasteiger partial charge in [-0.05, 0) is 42.8 Å². The van der Waals surface area contributed by atoms with Crippen LogP contribution in [0.1, 0.15) is 16.7 Å². The SMILES string of the molecule is Cc1ccc(C#N)cc1NCc1cc(F)ccc1F. The Morgan fingerprint density at radius 2 is 1.95 bits per heavy atom. The van der Waals surface area contributed by atoms with Crippen LogP contribution in [0.2, 0.25) is 0 Å². The van der Waals surface area contributed by atoms with Gasteiger partial charge in [0.25, 0.3) is 0 Å². The molecule has 0 fully saturated rings. The predicted molar refractivity (Wildman–Crippen MR) is 69.6 cm³/mol. The van der Waals surface area contributed by atoms with Crippen LogP contribution in [0.3, 0.4) is 0 Å². The Kier molecular flexibility index (Phi) is 3.76.